The molecule has 0 spiro atoms. The number of nitrogens with zero attached hydrogens (tertiary/aromatic N) is 1. The van der Waals surface area contributed by atoms with E-state index in [4.69, 9.17) is 10.5 Å². The zero-order valence-electron chi connectivity index (χ0n) is 13.1. The Bertz CT molecular complexity index is 373. The molecule has 0 aliphatic heterocycles. The standard InChI is InChI=1S/C14H27N3O4/c1-13(2,3)21-12(19)16-9-14(7-5-4-6-8-14)10-17(20)11(15)18/h20H,4-10H2,1-3H3,(H2,15,18)(H,16,19). The summed E-state index contributed by atoms with van der Waals surface area (Å²) in [5.74, 6) is 0. The van der Waals surface area contributed by atoms with E-state index in [0.717, 1.165) is 32.1 Å². The summed E-state index contributed by atoms with van der Waals surface area (Å²) < 4.78 is 5.21. The molecule has 21 heavy (non-hydrogen) atoms. The van der Waals surface area contributed by atoms with Gasteiger partial charge in [0.2, 0.25) is 0 Å². The second-order valence-electron chi connectivity index (χ2n) is 6.81. The highest BCUT2D eigenvalue weighted by Crippen LogP contribution is 2.36. The van der Waals surface area contributed by atoms with Crippen LogP contribution >= 0.6 is 0 Å². The minimum Gasteiger partial charge on any atom is -0.444 e. The number of carbonyl (C=O) groups is 2. The molecule has 0 aromatic rings. The van der Waals surface area contributed by atoms with Crippen molar-refractivity contribution in [3.8, 4) is 0 Å². The molecule has 0 aromatic heterocycles. The van der Waals surface area contributed by atoms with E-state index in [2.05, 4.69) is 5.32 Å². The van der Waals surface area contributed by atoms with Crippen molar-refractivity contribution in [3.05, 3.63) is 0 Å². The molecule has 0 atom stereocenters. The molecule has 1 saturated carbocycles. The predicted octanol–water partition coefficient (Wildman–Crippen LogP) is 2.23. The molecule has 1 aliphatic carbocycles. The number of primary amides is 1. The van der Waals surface area contributed by atoms with Gasteiger partial charge in [0, 0.05) is 12.0 Å². The minimum atomic E-state index is -0.878. The molecule has 1 aliphatic rings. The molecule has 122 valence electrons. The molecule has 4 N–H and O–H groups in total. The van der Waals surface area contributed by atoms with Gasteiger partial charge in [0.15, 0.2) is 0 Å². The molecule has 0 aromatic carbocycles. The van der Waals surface area contributed by atoms with Crippen molar-refractivity contribution >= 4 is 12.1 Å². The van der Waals surface area contributed by atoms with E-state index in [0.29, 0.717) is 11.6 Å². The van der Waals surface area contributed by atoms with Gasteiger partial charge in [-0.1, -0.05) is 19.3 Å². The van der Waals surface area contributed by atoms with Crippen LogP contribution in [0.2, 0.25) is 0 Å². The maximum absolute atomic E-state index is 11.8. The Morgan fingerprint density at radius 2 is 1.86 bits per heavy atom. The summed E-state index contributed by atoms with van der Waals surface area (Å²) in [7, 11) is 0. The first-order valence-electron chi connectivity index (χ1n) is 7.36. The Morgan fingerprint density at radius 1 is 1.29 bits per heavy atom. The van der Waals surface area contributed by atoms with Gasteiger partial charge < -0.3 is 15.8 Å². The number of hydrogen-bond donors (Lipinski definition) is 3. The van der Waals surface area contributed by atoms with Crippen LogP contribution in [-0.2, 0) is 4.74 Å². The van der Waals surface area contributed by atoms with Gasteiger partial charge in [0.25, 0.3) is 0 Å². The number of amides is 3. The van der Waals surface area contributed by atoms with E-state index in [1.165, 1.54) is 0 Å². The summed E-state index contributed by atoms with van der Waals surface area (Å²) in [5, 5.41) is 12.9. The zero-order chi connectivity index (χ0) is 16.1. The molecule has 0 saturated heterocycles. The van der Waals surface area contributed by atoms with Crippen LogP contribution in [0, 0.1) is 5.41 Å². The lowest BCUT2D eigenvalue weighted by Crippen LogP contribution is -2.49. The maximum Gasteiger partial charge on any atom is 0.407 e. The first-order chi connectivity index (χ1) is 9.64. The van der Waals surface area contributed by atoms with E-state index < -0.39 is 17.7 Å². The van der Waals surface area contributed by atoms with Crippen molar-refractivity contribution in [1.29, 1.82) is 0 Å². The lowest BCUT2D eigenvalue weighted by molar-refractivity contribution is -0.0756. The van der Waals surface area contributed by atoms with E-state index in [-0.39, 0.29) is 12.0 Å². The molecule has 1 fully saturated rings. The topological polar surface area (TPSA) is 105 Å². The first-order valence-corrected chi connectivity index (χ1v) is 7.36. The van der Waals surface area contributed by atoms with Crippen LogP contribution in [-0.4, -0.2) is 41.1 Å². The fraction of sp³-hybridized carbons (Fsp3) is 0.857. The molecule has 7 heteroatoms. The van der Waals surface area contributed by atoms with Crippen LogP contribution < -0.4 is 11.1 Å². The SMILES string of the molecule is CC(C)(C)OC(=O)NCC1(CN(O)C(N)=O)CCCCC1. The number of carbonyl (C=O) groups excluding carboxylic acids is 2. The maximum atomic E-state index is 11.8. The number of nitrogens with two attached hydrogens (primary N) is 1. The Hall–Kier alpha value is -1.50. The molecular weight excluding hydrogens is 274 g/mol. The van der Waals surface area contributed by atoms with Crippen LogP contribution in [0.25, 0.3) is 0 Å². The van der Waals surface area contributed by atoms with Gasteiger partial charge in [-0.25, -0.2) is 14.7 Å². The van der Waals surface area contributed by atoms with Crippen molar-refractivity contribution in [2.45, 2.75) is 58.5 Å². The quantitative estimate of drug-likeness (QED) is 0.547. The van der Waals surface area contributed by atoms with Crippen molar-refractivity contribution in [2.75, 3.05) is 13.1 Å². The average molecular weight is 301 g/mol. The molecular formula is C14H27N3O4. The molecule has 0 heterocycles. The van der Waals surface area contributed by atoms with Crippen LogP contribution in [0.3, 0.4) is 0 Å². The second kappa shape index (κ2) is 6.98. The molecule has 0 radical (unpaired) electrons. The van der Waals surface area contributed by atoms with E-state index >= 15 is 0 Å². The third kappa shape index (κ3) is 6.20. The van der Waals surface area contributed by atoms with E-state index in [1.54, 1.807) is 20.8 Å². The molecule has 7 nitrogen and oxygen atoms in total. The predicted molar refractivity (Wildman–Crippen MR) is 77.8 cm³/mol. The number of rotatable bonds is 4. The number of alkyl carbamates (subject to hydrolysis) is 1. The lowest BCUT2D eigenvalue weighted by Gasteiger charge is -2.39. The van der Waals surface area contributed by atoms with E-state index in [1.807, 2.05) is 0 Å². The Morgan fingerprint density at radius 3 is 2.33 bits per heavy atom. The van der Waals surface area contributed by atoms with Crippen molar-refractivity contribution in [3.63, 3.8) is 0 Å². The first kappa shape index (κ1) is 17.6. The number of urea groups is 1. The number of hydrogen-bond acceptors (Lipinski definition) is 4. The van der Waals surface area contributed by atoms with Gasteiger partial charge in [0.05, 0.1) is 6.54 Å². The average Bonchev–Trinajstić information content (AvgIpc) is 2.35. The number of hydroxylamine groups is 2. The van der Waals surface area contributed by atoms with Crippen LogP contribution in [0.5, 0.6) is 0 Å². The molecule has 1 rings (SSSR count). The lowest BCUT2D eigenvalue weighted by atomic mass is 9.74. The fourth-order valence-corrected chi connectivity index (χ4v) is 2.66. The van der Waals surface area contributed by atoms with Gasteiger partial charge in [-0.3, -0.25) is 5.21 Å². The van der Waals surface area contributed by atoms with Gasteiger partial charge in [-0.15, -0.1) is 0 Å². The number of ether oxygens (including phenoxy) is 1. The highest BCUT2D eigenvalue weighted by molar-refractivity contribution is 5.70. The number of nitrogens with one attached hydrogen (secondary N) is 1. The largest absolute Gasteiger partial charge is 0.444 e. The van der Waals surface area contributed by atoms with Gasteiger partial charge in [-0.05, 0) is 33.6 Å². The van der Waals surface area contributed by atoms with Crippen molar-refractivity contribution < 1.29 is 19.5 Å². The summed E-state index contributed by atoms with van der Waals surface area (Å²) in [5.41, 5.74) is 4.17. The highest BCUT2D eigenvalue weighted by Gasteiger charge is 2.35. The minimum absolute atomic E-state index is 0.123. The summed E-state index contributed by atoms with van der Waals surface area (Å²) in [6, 6.07) is -0.878. The summed E-state index contributed by atoms with van der Waals surface area (Å²) in [6.45, 7) is 5.87. The van der Waals surface area contributed by atoms with Gasteiger partial charge in [0.1, 0.15) is 5.60 Å². The van der Waals surface area contributed by atoms with Crippen LogP contribution in [0.15, 0.2) is 0 Å². The Labute approximate surface area is 125 Å². The van der Waals surface area contributed by atoms with Gasteiger partial charge >= 0.3 is 12.1 Å². The smallest absolute Gasteiger partial charge is 0.407 e. The Kier molecular flexibility index (Phi) is 5.83. The third-order valence-corrected chi connectivity index (χ3v) is 3.66. The van der Waals surface area contributed by atoms with Crippen LogP contribution in [0.1, 0.15) is 52.9 Å². The van der Waals surface area contributed by atoms with Crippen molar-refractivity contribution in [1.82, 2.24) is 10.4 Å². The Balaban J connectivity index is 2.61. The molecule has 0 unspecified atom stereocenters. The summed E-state index contributed by atoms with van der Waals surface area (Å²) in [4.78, 5) is 22.8. The zero-order valence-corrected chi connectivity index (χ0v) is 13.1. The second-order valence-corrected chi connectivity index (χ2v) is 6.81. The van der Waals surface area contributed by atoms with Gasteiger partial charge in [-0.2, -0.15) is 0 Å². The third-order valence-electron chi connectivity index (χ3n) is 3.66. The highest BCUT2D eigenvalue weighted by atomic mass is 16.6. The monoisotopic (exact) mass is 301 g/mol. The fourth-order valence-electron chi connectivity index (χ4n) is 2.66. The normalized spacial score (nSPS) is 17.9. The summed E-state index contributed by atoms with van der Waals surface area (Å²) in [6.07, 6.45) is 4.29. The van der Waals surface area contributed by atoms with E-state index in [9.17, 15) is 14.8 Å². The van der Waals surface area contributed by atoms with Crippen molar-refractivity contribution in [2.24, 2.45) is 11.1 Å². The summed E-state index contributed by atoms with van der Waals surface area (Å²) >= 11 is 0. The molecule has 0 bridgehead atoms. The molecule has 3 amide bonds. The van der Waals surface area contributed by atoms with Crippen LogP contribution in [0.4, 0.5) is 9.59 Å².